The van der Waals surface area contributed by atoms with E-state index in [9.17, 15) is 4.79 Å². The second-order valence-electron chi connectivity index (χ2n) is 9.31. The lowest BCUT2D eigenvalue weighted by molar-refractivity contribution is -0.116. The van der Waals surface area contributed by atoms with E-state index in [-0.39, 0.29) is 23.8 Å². The van der Waals surface area contributed by atoms with Crippen LogP contribution in [0.5, 0.6) is 5.75 Å². The number of ether oxygens (including phenoxy) is 1. The third-order valence-electron chi connectivity index (χ3n) is 6.44. The fourth-order valence-electron chi connectivity index (χ4n) is 4.83. The van der Waals surface area contributed by atoms with Gasteiger partial charge in [0.25, 0.3) is 0 Å². The predicted octanol–water partition coefficient (Wildman–Crippen LogP) is 6.76. The molecule has 2 unspecified atom stereocenters. The Morgan fingerprint density at radius 1 is 0.848 bits per heavy atom. The zero-order chi connectivity index (χ0) is 22.9. The largest absolute Gasteiger partial charge is 0.491 e. The number of aryl methyl sites for hydroxylation is 1. The maximum Gasteiger partial charge on any atom is 0.163 e. The van der Waals surface area contributed by atoms with E-state index in [1.54, 1.807) is 0 Å². The third kappa shape index (κ3) is 4.38. The SMILES string of the molecule is Cc1ccc(C2CC(=O)C3=C(C2)Nc2ccccc2NC3c2ccc(OC(C)C)cc2)cc1. The van der Waals surface area contributed by atoms with E-state index in [1.165, 1.54) is 11.1 Å². The lowest BCUT2D eigenvalue weighted by atomic mass is 9.78. The molecule has 0 bridgehead atoms. The summed E-state index contributed by atoms with van der Waals surface area (Å²) in [6.45, 7) is 6.13. The molecule has 1 aliphatic carbocycles. The lowest BCUT2D eigenvalue weighted by Gasteiger charge is -2.30. The molecule has 3 aromatic carbocycles. The third-order valence-corrected chi connectivity index (χ3v) is 6.44. The van der Waals surface area contributed by atoms with Gasteiger partial charge in [-0.25, -0.2) is 0 Å². The molecule has 5 rings (SSSR count). The molecule has 2 aliphatic rings. The van der Waals surface area contributed by atoms with Gasteiger partial charge >= 0.3 is 0 Å². The van der Waals surface area contributed by atoms with E-state index in [0.29, 0.717) is 6.42 Å². The summed E-state index contributed by atoms with van der Waals surface area (Å²) in [4.78, 5) is 13.6. The van der Waals surface area contributed by atoms with Crippen molar-refractivity contribution in [3.63, 3.8) is 0 Å². The highest BCUT2D eigenvalue weighted by Crippen LogP contribution is 2.44. The Bertz CT molecular complexity index is 1190. The zero-order valence-electron chi connectivity index (χ0n) is 19.4. The van der Waals surface area contributed by atoms with Crippen LogP contribution in [0.2, 0.25) is 0 Å². The van der Waals surface area contributed by atoms with Crippen LogP contribution in [0, 0.1) is 6.92 Å². The average molecular weight is 439 g/mol. The monoisotopic (exact) mass is 438 g/mol. The van der Waals surface area contributed by atoms with Gasteiger partial charge in [0, 0.05) is 17.7 Å². The first-order chi connectivity index (χ1) is 16.0. The molecule has 168 valence electrons. The second-order valence-corrected chi connectivity index (χ2v) is 9.31. The zero-order valence-corrected chi connectivity index (χ0v) is 19.4. The minimum atomic E-state index is -0.212. The van der Waals surface area contributed by atoms with Gasteiger partial charge in [-0.2, -0.15) is 0 Å². The number of carbonyl (C=O) groups is 1. The summed E-state index contributed by atoms with van der Waals surface area (Å²) in [7, 11) is 0. The molecular formula is C29H30N2O2. The number of fused-ring (bicyclic) bond motifs is 1. The summed E-state index contributed by atoms with van der Waals surface area (Å²) in [5.41, 5.74) is 7.37. The Hall–Kier alpha value is -3.53. The molecule has 33 heavy (non-hydrogen) atoms. The van der Waals surface area contributed by atoms with E-state index < -0.39 is 0 Å². The Morgan fingerprint density at radius 2 is 1.52 bits per heavy atom. The van der Waals surface area contributed by atoms with E-state index in [2.05, 4.69) is 66.1 Å². The average Bonchev–Trinajstić information content (AvgIpc) is 2.96. The molecule has 4 heteroatoms. The summed E-state index contributed by atoms with van der Waals surface area (Å²) in [6.07, 6.45) is 1.45. The van der Waals surface area contributed by atoms with Crippen molar-refractivity contribution in [2.75, 3.05) is 10.6 Å². The predicted molar refractivity (Wildman–Crippen MR) is 134 cm³/mol. The minimum absolute atomic E-state index is 0.121. The number of rotatable bonds is 4. The van der Waals surface area contributed by atoms with Crippen LogP contribution in [-0.4, -0.2) is 11.9 Å². The van der Waals surface area contributed by atoms with Crippen molar-refractivity contribution < 1.29 is 9.53 Å². The van der Waals surface area contributed by atoms with E-state index >= 15 is 0 Å². The first-order valence-corrected chi connectivity index (χ1v) is 11.7. The molecule has 1 heterocycles. The smallest absolute Gasteiger partial charge is 0.163 e. The quantitative estimate of drug-likeness (QED) is 0.472. The highest BCUT2D eigenvalue weighted by molar-refractivity contribution is 6.01. The van der Waals surface area contributed by atoms with Crippen LogP contribution in [0.15, 0.2) is 84.1 Å². The van der Waals surface area contributed by atoms with Gasteiger partial charge < -0.3 is 15.4 Å². The van der Waals surface area contributed by atoms with Crippen molar-refractivity contribution in [1.82, 2.24) is 0 Å². The molecule has 2 N–H and O–H groups in total. The fourth-order valence-corrected chi connectivity index (χ4v) is 4.83. The molecule has 0 amide bonds. The number of carbonyl (C=O) groups excluding carboxylic acids is 1. The maximum absolute atomic E-state index is 13.6. The number of benzene rings is 3. The molecule has 2 atom stereocenters. The van der Waals surface area contributed by atoms with Crippen LogP contribution >= 0.6 is 0 Å². The van der Waals surface area contributed by atoms with E-state index in [0.717, 1.165) is 40.4 Å². The Morgan fingerprint density at radius 3 is 2.21 bits per heavy atom. The van der Waals surface area contributed by atoms with Gasteiger partial charge in [-0.3, -0.25) is 4.79 Å². The van der Waals surface area contributed by atoms with Crippen LogP contribution in [0.4, 0.5) is 11.4 Å². The van der Waals surface area contributed by atoms with Gasteiger partial charge in [-0.15, -0.1) is 0 Å². The van der Waals surface area contributed by atoms with E-state index in [1.807, 2.05) is 38.1 Å². The topological polar surface area (TPSA) is 50.4 Å². The molecule has 0 spiro atoms. The number of nitrogens with one attached hydrogen (secondary N) is 2. The number of hydrogen-bond donors (Lipinski definition) is 2. The van der Waals surface area contributed by atoms with Gasteiger partial charge in [-0.05, 0) is 68.5 Å². The first kappa shape index (κ1) is 21.3. The van der Waals surface area contributed by atoms with Crippen molar-refractivity contribution >= 4 is 17.2 Å². The van der Waals surface area contributed by atoms with Crippen LogP contribution in [0.3, 0.4) is 0 Å². The molecule has 0 aromatic heterocycles. The van der Waals surface area contributed by atoms with Gasteiger partial charge in [0.1, 0.15) is 5.75 Å². The van der Waals surface area contributed by atoms with Crippen molar-refractivity contribution in [2.24, 2.45) is 0 Å². The van der Waals surface area contributed by atoms with Gasteiger partial charge in [0.15, 0.2) is 5.78 Å². The maximum atomic E-state index is 13.6. The van der Waals surface area contributed by atoms with Crippen LogP contribution in [-0.2, 0) is 4.79 Å². The summed E-state index contributed by atoms with van der Waals surface area (Å²) < 4.78 is 5.82. The van der Waals surface area contributed by atoms with Crippen LogP contribution < -0.4 is 15.4 Å². The minimum Gasteiger partial charge on any atom is -0.491 e. The highest BCUT2D eigenvalue weighted by Gasteiger charge is 2.36. The van der Waals surface area contributed by atoms with Crippen molar-refractivity contribution in [3.8, 4) is 5.75 Å². The number of anilines is 2. The normalized spacial score (nSPS) is 19.8. The van der Waals surface area contributed by atoms with E-state index in [4.69, 9.17) is 4.74 Å². The molecule has 1 aliphatic heterocycles. The highest BCUT2D eigenvalue weighted by atomic mass is 16.5. The Kier molecular flexibility index (Phi) is 5.67. The molecule has 0 saturated carbocycles. The van der Waals surface area contributed by atoms with Gasteiger partial charge in [-0.1, -0.05) is 54.1 Å². The van der Waals surface area contributed by atoms with Crippen molar-refractivity contribution in [2.45, 2.75) is 51.7 Å². The molecule has 4 nitrogen and oxygen atoms in total. The summed E-state index contributed by atoms with van der Waals surface area (Å²) in [5.74, 6) is 1.21. The first-order valence-electron chi connectivity index (χ1n) is 11.7. The summed E-state index contributed by atoms with van der Waals surface area (Å²) in [6, 6.07) is 24.6. The Balaban J connectivity index is 1.54. The number of allylic oxidation sites excluding steroid dienone is 1. The van der Waals surface area contributed by atoms with Gasteiger partial charge in [0.2, 0.25) is 0 Å². The summed E-state index contributed by atoms with van der Waals surface area (Å²) in [5, 5.41) is 7.26. The van der Waals surface area contributed by atoms with Crippen molar-refractivity contribution in [3.05, 3.63) is 101 Å². The second kappa shape index (κ2) is 8.78. The molecule has 0 saturated heterocycles. The molecule has 3 aromatic rings. The lowest BCUT2D eigenvalue weighted by Crippen LogP contribution is -2.26. The standard InChI is InChI=1S/C29H30N2O2/c1-18(2)33-23-14-12-21(13-15-23)29-28-26(30-24-6-4-5-7-25(24)31-29)16-22(17-27(28)32)20-10-8-19(3)9-11-20/h4-15,18,22,29-31H,16-17H2,1-3H3. The van der Waals surface area contributed by atoms with Crippen molar-refractivity contribution in [1.29, 1.82) is 0 Å². The number of para-hydroxylation sites is 2. The number of Topliss-reactive ketones (excluding diaryl/α,β-unsaturated/α-hetero) is 1. The molecule has 0 fully saturated rings. The molecular weight excluding hydrogens is 408 g/mol. The number of hydrogen-bond acceptors (Lipinski definition) is 4. The summed E-state index contributed by atoms with van der Waals surface area (Å²) >= 11 is 0. The Labute approximate surface area is 195 Å². The van der Waals surface area contributed by atoms with Crippen LogP contribution in [0.25, 0.3) is 0 Å². The van der Waals surface area contributed by atoms with Crippen LogP contribution in [0.1, 0.15) is 55.3 Å². The fraction of sp³-hybridized carbons (Fsp3) is 0.276. The molecule has 0 radical (unpaired) electrons. The number of ketones is 1. The van der Waals surface area contributed by atoms with Gasteiger partial charge in [0.05, 0.1) is 23.5 Å².